The lowest BCUT2D eigenvalue weighted by Crippen LogP contribution is -2.32. The smallest absolute Gasteiger partial charge is 0.158 e. The molecular formula is C12H16BrFO3S. The van der Waals surface area contributed by atoms with Gasteiger partial charge in [-0.15, -0.1) is 0 Å². The third-order valence-electron chi connectivity index (χ3n) is 2.44. The van der Waals surface area contributed by atoms with Gasteiger partial charge in [0.2, 0.25) is 0 Å². The van der Waals surface area contributed by atoms with E-state index < -0.39 is 14.6 Å². The number of sulfone groups is 1. The van der Waals surface area contributed by atoms with Gasteiger partial charge in [-0.1, -0.05) is 0 Å². The Bertz CT molecular complexity index is 521. The van der Waals surface area contributed by atoms with Crippen LogP contribution in [0.15, 0.2) is 22.7 Å². The summed E-state index contributed by atoms with van der Waals surface area (Å²) in [5.41, 5.74) is 0. The summed E-state index contributed by atoms with van der Waals surface area (Å²) in [6, 6.07) is 4.00. The summed E-state index contributed by atoms with van der Waals surface area (Å²) in [6.45, 7) is 4.99. The van der Waals surface area contributed by atoms with E-state index in [1.165, 1.54) is 18.2 Å². The van der Waals surface area contributed by atoms with E-state index in [9.17, 15) is 12.8 Å². The van der Waals surface area contributed by atoms with Crippen LogP contribution in [-0.4, -0.2) is 25.5 Å². The summed E-state index contributed by atoms with van der Waals surface area (Å²) in [7, 11) is -3.20. The second-order valence-corrected chi connectivity index (χ2v) is 8.57. The van der Waals surface area contributed by atoms with Gasteiger partial charge in [0.05, 0.1) is 15.0 Å². The van der Waals surface area contributed by atoms with E-state index in [0.717, 1.165) is 0 Å². The van der Waals surface area contributed by atoms with Crippen molar-refractivity contribution in [3.05, 3.63) is 28.5 Å². The molecule has 0 unspecified atom stereocenters. The summed E-state index contributed by atoms with van der Waals surface area (Å²) in [5.74, 6) is -0.0163. The van der Waals surface area contributed by atoms with E-state index in [2.05, 4.69) is 15.9 Å². The minimum Gasteiger partial charge on any atom is -0.491 e. The molecule has 0 heterocycles. The van der Waals surface area contributed by atoms with Crippen molar-refractivity contribution in [3.63, 3.8) is 0 Å². The quantitative estimate of drug-likeness (QED) is 0.846. The van der Waals surface area contributed by atoms with Crippen LogP contribution in [0.5, 0.6) is 5.75 Å². The first-order valence-corrected chi connectivity index (χ1v) is 7.88. The molecule has 0 saturated carbocycles. The van der Waals surface area contributed by atoms with Gasteiger partial charge in [0, 0.05) is 0 Å². The van der Waals surface area contributed by atoms with Crippen LogP contribution in [0.2, 0.25) is 0 Å². The van der Waals surface area contributed by atoms with Gasteiger partial charge in [0.15, 0.2) is 9.84 Å². The maximum Gasteiger partial charge on any atom is 0.158 e. The molecule has 0 fully saturated rings. The maximum atomic E-state index is 12.8. The Hall–Kier alpha value is -0.620. The lowest BCUT2D eigenvalue weighted by Gasteiger charge is -2.19. The number of hydrogen-bond donors (Lipinski definition) is 0. The molecule has 0 aliphatic carbocycles. The fourth-order valence-electron chi connectivity index (χ4n) is 1.16. The molecule has 102 valence electrons. The summed E-state index contributed by atoms with van der Waals surface area (Å²) in [4.78, 5) is 0. The van der Waals surface area contributed by atoms with Crippen molar-refractivity contribution in [3.8, 4) is 5.75 Å². The van der Waals surface area contributed by atoms with Crippen molar-refractivity contribution in [1.29, 1.82) is 0 Å². The average molecular weight is 339 g/mol. The standard InChI is InChI=1S/C12H16BrFO3S/c1-12(2,3)18(15,16)7-6-17-11-5-4-9(14)8-10(11)13/h4-5,8H,6-7H2,1-3H3. The Kier molecular flexibility index (Phi) is 4.78. The molecule has 1 aromatic carbocycles. The summed E-state index contributed by atoms with van der Waals surface area (Å²) >= 11 is 3.15. The monoisotopic (exact) mass is 338 g/mol. The fraction of sp³-hybridized carbons (Fsp3) is 0.500. The Labute approximate surface area is 115 Å². The normalized spacial score (nSPS) is 12.5. The zero-order valence-electron chi connectivity index (χ0n) is 10.5. The van der Waals surface area contributed by atoms with E-state index in [-0.39, 0.29) is 18.2 Å². The summed E-state index contributed by atoms with van der Waals surface area (Å²) < 4.78 is 41.5. The van der Waals surface area contributed by atoms with Gasteiger partial charge in [-0.25, -0.2) is 12.8 Å². The second kappa shape index (κ2) is 5.57. The van der Waals surface area contributed by atoms with E-state index >= 15 is 0 Å². The molecule has 0 bridgehead atoms. The zero-order valence-corrected chi connectivity index (χ0v) is 12.9. The molecule has 0 radical (unpaired) electrons. The van der Waals surface area contributed by atoms with E-state index in [1.807, 2.05) is 0 Å². The van der Waals surface area contributed by atoms with Crippen LogP contribution < -0.4 is 4.74 Å². The van der Waals surface area contributed by atoms with Gasteiger partial charge >= 0.3 is 0 Å². The van der Waals surface area contributed by atoms with E-state index in [4.69, 9.17) is 4.74 Å². The van der Waals surface area contributed by atoms with Crippen LogP contribution in [0.25, 0.3) is 0 Å². The highest BCUT2D eigenvalue weighted by atomic mass is 79.9. The van der Waals surface area contributed by atoms with Crippen molar-refractivity contribution in [1.82, 2.24) is 0 Å². The molecule has 0 aromatic heterocycles. The molecule has 18 heavy (non-hydrogen) atoms. The fourth-order valence-corrected chi connectivity index (χ4v) is 2.54. The van der Waals surface area contributed by atoms with Crippen LogP contribution >= 0.6 is 15.9 Å². The Morgan fingerprint density at radius 3 is 2.44 bits per heavy atom. The van der Waals surface area contributed by atoms with E-state index in [0.29, 0.717) is 10.2 Å². The van der Waals surface area contributed by atoms with Crippen LogP contribution in [0.3, 0.4) is 0 Å². The van der Waals surface area contributed by atoms with Crippen molar-refractivity contribution in [2.24, 2.45) is 0 Å². The number of hydrogen-bond acceptors (Lipinski definition) is 3. The zero-order chi connectivity index (χ0) is 14.0. The Morgan fingerprint density at radius 1 is 1.33 bits per heavy atom. The predicted molar refractivity (Wildman–Crippen MR) is 73.1 cm³/mol. The summed E-state index contributed by atoms with van der Waals surface area (Å²) in [5, 5.41) is 0. The third kappa shape index (κ3) is 3.95. The molecule has 0 aliphatic heterocycles. The Balaban J connectivity index is 2.63. The molecular weight excluding hydrogens is 323 g/mol. The average Bonchev–Trinajstić information content (AvgIpc) is 2.19. The number of ether oxygens (including phenoxy) is 1. The lowest BCUT2D eigenvalue weighted by atomic mass is 10.3. The van der Waals surface area contributed by atoms with Crippen molar-refractivity contribution in [2.45, 2.75) is 25.5 Å². The highest BCUT2D eigenvalue weighted by Crippen LogP contribution is 2.25. The molecule has 0 saturated heterocycles. The van der Waals surface area contributed by atoms with Gasteiger partial charge in [-0.2, -0.15) is 0 Å². The number of benzene rings is 1. The minimum atomic E-state index is -3.20. The molecule has 0 aliphatic rings. The third-order valence-corrected chi connectivity index (χ3v) is 5.63. The largest absolute Gasteiger partial charge is 0.491 e. The van der Waals surface area contributed by atoms with Crippen LogP contribution in [0.1, 0.15) is 20.8 Å². The minimum absolute atomic E-state index is 0.0455. The highest BCUT2D eigenvalue weighted by Gasteiger charge is 2.28. The first kappa shape index (κ1) is 15.4. The van der Waals surface area contributed by atoms with Gasteiger partial charge < -0.3 is 4.74 Å². The lowest BCUT2D eigenvalue weighted by molar-refractivity contribution is 0.337. The van der Waals surface area contributed by atoms with Crippen LogP contribution in [0.4, 0.5) is 4.39 Å². The van der Waals surface area contributed by atoms with E-state index in [1.54, 1.807) is 20.8 Å². The molecule has 6 heteroatoms. The molecule has 0 atom stereocenters. The number of halogens is 2. The molecule has 3 nitrogen and oxygen atoms in total. The highest BCUT2D eigenvalue weighted by molar-refractivity contribution is 9.10. The molecule has 1 rings (SSSR count). The Morgan fingerprint density at radius 2 is 1.94 bits per heavy atom. The molecule has 0 spiro atoms. The summed E-state index contributed by atoms with van der Waals surface area (Å²) in [6.07, 6.45) is 0. The van der Waals surface area contributed by atoms with Crippen LogP contribution in [0, 0.1) is 5.82 Å². The first-order chi connectivity index (χ1) is 8.13. The SMILES string of the molecule is CC(C)(C)S(=O)(=O)CCOc1ccc(F)cc1Br. The predicted octanol–water partition coefficient (Wildman–Crippen LogP) is 3.18. The van der Waals surface area contributed by atoms with Crippen molar-refractivity contribution >= 4 is 25.8 Å². The van der Waals surface area contributed by atoms with Gasteiger partial charge in [0.25, 0.3) is 0 Å². The van der Waals surface area contributed by atoms with Crippen molar-refractivity contribution < 1.29 is 17.5 Å². The molecule has 0 amide bonds. The topological polar surface area (TPSA) is 43.4 Å². The molecule has 1 aromatic rings. The van der Waals surface area contributed by atoms with Crippen LogP contribution in [-0.2, 0) is 9.84 Å². The van der Waals surface area contributed by atoms with Gasteiger partial charge in [0.1, 0.15) is 18.2 Å². The number of rotatable bonds is 4. The van der Waals surface area contributed by atoms with Gasteiger partial charge in [-0.05, 0) is 54.9 Å². The maximum absolute atomic E-state index is 12.8. The van der Waals surface area contributed by atoms with Gasteiger partial charge in [-0.3, -0.25) is 0 Å². The van der Waals surface area contributed by atoms with Crippen molar-refractivity contribution in [2.75, 3.05) is 12.4 Å². The second-order valence-electron chi connectivity index (χ2n) is 4.85. The first-order valence-electron chi connectivity index (χ1n) is 5.43. The molecule has 0 N–H and O–H groups in total.